The predicted molar refractivity (Wildman–Crippen MR) is 126 cm³/mol. The Kier molecular flexibility index (Phi) is 8.46. The van der Waals surface area contributed by atoms with Crippen LogP contribution < -0.4 is 10.6 Å². The molecule has 0 aliphatic heterocycles. The van der Waals surface area contributed by atoms with E-state index in [1.807, 2.05) is 38.1 Å². The molecule has 2 atom stereocenters. The summed E-state index contributed by atoms with van der Waals surface area (Å²) in [5.41, 5.74) is 4.68. The SMILES string of the molecule is CCCC(NC(=O)CCCC(C)NC(=O)OCC1c2ccccc2-c2ccccc21)C(=O)O. The second-order valence-electron chi connectivity index (χ2n) is 8.51. The molecule has 33 heavy (non-hydrogen) atoms. The van der Waals surface area contributed by atoms with Gasteiger partial charge in [-0.3, -0.25) is 4.79 Å². The standard InChI is InChI=1S/C26H32N2O5/c1-3-9-23(25(30)31)28-24(29)15-8-10-17(2)27-26(32)33-16-22-20-13-6-4-11-18(20)19-12-5-7-14-21(19)22/h4-7,11-14,17,22-23H,3,8-10,15-16H2,1-2H3,(H,27,32)(H,28,29)(H,30,31). The molecule has 0 saturated heterocycles. The van der Waals surface area contributed by atoms with Crippen LogP contribution in [0.3, 0.4) is 0 Å². The third-order valence-corrected chi connectivity index (χ3v) is 5.96. The minimum atomic E-state index is -1.02. The van der Waals surface area contributed by atoms with Crippen LogP contribution >= 0.6 is 0 Å². The van der Waals surface area contributed by atoms with Crippen LogP contribution in [-0.4, -0.2) is 41.8 Å². The number of carboxylic acid groups (broad SMARTS) is 1. The van der Waals surface area contributed by atoms with Crippen LogP contribution in [-0.2, 0) is 14.3 Å². The molecule has 2 aromatic rings. The molecule has 0 aromatic heterocycles. The first-order valence-electron chi connectivity index (χ1n) is 11.5. The molecular formula is C26H32N2O5. The highest BCUT2D eigenvalue weighted by Crippen LogP contribution is 2.44. The molecule has 0 spiro atoms. The molecule has 2 amide bonds. The van der Waals surface area contributed by atoms with Gasteiger partial charge in [0.1, 0.15) is 12.6 Å². The van der Waals surface area contributed by atoms with Gasteiger partial charge in [-0.05, 0) is 48.4 Å². The highest BCUT2D eigenvalue weighted by Gasteiger charge is 2.29. The molecule has 0 radical (unpaired) electrons. The first kappa shape index (κ1) is 24.3. The van der Waals surface area contributed by atoms with Gasteiger partial charge in [0.2, 0.25) is 5.91 Å². The number of amides is 2. The third kappa shape index (κ3) is 6.34. The fourth-order valence-corrected chi connectivity index (χ4v) is 4.29. The fraction of sp³-hybridized carbons (Fsp3) is 0.423. The summed E-state index contributed by atoms with van der Waals surface area (Å²) in [6.07, 6.45) is 1.93. The third-order valence-electron chi connectivity index (χ3n) is 5.96. The molecule has 7 heteroatoms. The van der Waals surface area contributed by atoms with Crippen molar-refractivity contribution in [3.63, 3.8) is 0 Å². The second kappa shape index (κ2) is 11.5. The van der Waals surface area contributed by atoms with Crippen molar-refractivity contribution >= 4 is 18.0 Å². The average Bonchev–Trinajstić information content (AvgIpc) is 3.11. The topological polar surface area (TPSA) is 105 Å². The van der Waals surface area contributed by atoms with Gasteiger partial charge in [-0.15, -0.1) is 0 Å². The van der Waals surface area contributed by atoms with E-state index >= 15 is 0 Å². The normalized spacial score (nSPS) is 14.0. The molecule has 0 heterocycles. The van der Waals surface area contributed by atoms with Crippen molar-refractivity contribution in [2.24, 2.45) is 0 Å². The summed E-state index contributed by atoms with van der Waals surface area (Å²) in [5.74, 6) is -1.30. The highest BCUT2D eigenvalue weighted by atomic mass is 16.5. The van der Waals surface area contributed by atoms with Gasteiger partial charge < -0.3 is 20.5 Å². The molecule has 1 aliphatic carbocycles. The first-order chi connectivity index (χ1) is 15.9. The van der Waals surface area contributed by atoms with E-state index in [-0.39, 0.29) is 30.9 Å². The number of fused-ring (bicyclic) bond motifs is 3. The van der Waals surface area contributed by atoms with Gasteiger partial charge in [-0.25, -0.2) is 9.59 Å². The number of nitrogens with one attached hydrogen (secondary N) is 2. The van der Waals surface area contributed by atoms with E-state index in [0.717, 1.165) is 11.1 Å². The molecule has 2 unspecified atom stereocenters. The lowest BCUT2D eigenvalue weighted by Crippen LogP contribution is -2.40. The summed E-state index contributed by atoms with van der Waals surface area (Å²) >= 11 is 0. The number of aliphatic carboxylic acids is 1. The van der Waals surface area contributed by atoms with Crippen LogP contribution in [0.2, 0.25) is 0 Å². The quantitative estimate of drug-likeness (QED) is 0.467. The number of carboxylic acids is 1. The number of carbonyl (C=O) groups excluding carboxylic acids is 2. The van der Waals surface area contributed by atoms with Gasteiger partial charge in [0, 0.05) is 18.4 Å². The van der Waals surface area contributed by atoms with Gasteiger partial charge in [-0.1, -0.05) is 61.9 Å². The molecule has 1 aliphatic rings. The van der Waals surface area contributed by atoms with Crippen molar-refractivity contribution in [2.45, 2.75) is 64.0 Å². The number of carbonyl (C=O) groups is 3. The number of rotatable bonds is 11. The zero-order valence-corrected chi connectivity index (χ0v) is 19.2. The maximum atomic E-state index is 12.3. The first-order valence-corrected chi connectivity index (χ1v) is 11.5. The van der Waals surface area contributed by atoms with Crippen molar-refractivity contribution in [1.82, 2.24) is 10.6 Å². The van der Waals surface area contributed by atoms with Gasteiger partial charge in [0.05, 0.1) is 0 Å². The zero-order chi connectivity index (χ0) is 23.8. The number of alkyl carbamates (subject to hydrolysis) is 1. The van der Waals surface area contributed by atoms with E-state index in [1.54, 1.807) is 0 Å². The Bertz CT molecular complexity index is 945. The van der Waals surface area contributed by atoms with Crippen LogP contribution in [0.5, 0.6) is 0 Å². The lowest BCUT2D eigenvalue weighted by molar-refractivity contribution is -0.142. The lowest BCUT2D eigenvalue weighted by Gasteiger charge is -2.17. The van der Waals surface area contributed by atoms with Crippen LogP contribution in [0.1, 0.15) is 63.0 Å². The molecule has 176 valence electrons. The van der Waals surface area contributed by atoms with Gasteiger partial charge in [0.15, 0.2) is 0 Å². The summed E-state index contributed by atoms with van der Waals surface area (Å²) in [5, 5.41) is 14.5. The Morgan fingerprint density at radius 1 is 0.970 bits per heavy atom. The Hall–Kier alpha value is -3.35. The van der Waals surface area contributed by atoms with Crippen molar-refractivity contribution in [3.05, 3.63) is 59.7 Å². The number of ether oxygens (including phenoxy) is 1. The van der Waals surface area contributed by atoms with Gasteiger partial charge in [-0.2, -0.15) is 0 Å². The van der Waals surface area contributed by atoms with Crippen molar-refractivity contribution < 1.29 is 24.2 Å². The smallest absolute Gasteiger partial charge is 0.407 e. The molecule has 0 fully saturated rings. The summed E-state index contributed by atoms with van der Waals surface area (Å²) in [7, 11) is 0. The van der Waals surface area contributed by atoms with Crippen LogP contribution in [0.25, 0.3) is 11.1 Å². The van der Waals surface area contributed by atoms with E-state index in [1.165, 1.54) is 11.1 Å². The largest absolute Gasteiger partial charge is 0.480 e. The van der Waals surface area contributed by atoms with Gasteiger partial charge in [0.25, 0.3) is 0 Å². The fourth-order valence-electron chi connectivity index (χ4n) is 4.29. The Morgan fingerprint density at radius 3 is 2.15 bits per heavy atom. The average molecular weight is 453 g/mol. The number of hydrogen-bond donors (Lipinski definition) is 3. The van der Waals surface area contributed by atoms with E-state index in [9.17, 15) is 14.4 Å². The molecule has 7 nitrogen and oxygen atoms in total. The maximum absolute atomic E-state index is 12.3. The van der Waals surface area contributed by atoms with E-state index in [0.29, 0.717) is 25.7 Å². The van der Waals surface area contributed by atoms with Crippen LogP contribution in [0, 0.1) is 0 Å². The van der Waals surface area contributed by atoms with Crippen LogP contribution in [0.4, 0.5) is 4.79 Å². The van der Waals surface area contributed by atoms with E-state index in [4.69, 9.17) is 9.84 Å². The molecule has 0 bridgehead atoms. The second-order valence-corrected chi connectivity index (χ2v) is 8.51. The molecule has 3 N–H and O–H groups in total. The van der Waals surface area contributed by atoms with Crippen molar-refractivity contribution in [1.29, 1.82) is 0 Å². The number of hydrogen-bond acceptors (Lipinski definition) is 4. The molecular weight excluding hydrogens is 420 g/mol. The summed E-state index contributed by atoms with van der Waals surface area (Å²) < 4.78 is 5.55. The minimum Gasteiger partial charge on any atom is -0.480 e. The summed E-state index contributed by atoms with van der Waals surface area (Å²) in [6.45, 7) is 3.98. The van der Waals surface area contributed by atoms with E-state index < -0.39 is 18.1 Å². The lowest BCUT2D eigenvalue weighted by atomic mass is 9.98. The Labute approximate surface area is 194 Å². The predicted octanol–water partition coefficient (Wildman–Crippen LogP) is 4.45. The zero-order valence-electron chi connectivity index (χ0n) is 19.2. The molecule has 2 aromatic carbocycles. The molecule has 3 rings (SSSR count). The number of benzene rings is 2. The Morgan fingerprint density at radius 2 is 1.58 bits per heavy atom. The van der Waals surface area contributed by atoms with Crippen molar-refractivity contribution in [3.8, 4) is 11.1 Å². The molecule has 0 saturated carbocycles. The highest BCUT2D eigenvalue weighted by molar-refractivity contribution is 5.83. The van der Waals surface area contributed by atoms with Crippen LogP contribution in [0.15, 0.2) is 48.5 Å². The van der Waals surface area contributed by atoms with Gasteiger partial charge >= 0.3 is 12.1 Å². The van der Waals surface area contributed by atoms with Crippen molar-refractivity contribution in [2.75, 3.05) is 6.61 Å². The summed E-state index contributed by atoms with van der Waals surface area (Å²) in [4.78, 5) is 35.5. The summed E-state index contributed by atoms with van der Waals surface area (Å²) in [6, 6.07) is 15.3. The minimum absolute atomic E-state index is 0.00690. The van der Waals surface area contributed by atoms with E-state index in [2.05, 4.69) is 34.9 Å². The maximum Gasteiger partial charge on any atom is 0.407 e. The Balaban J connectivity index is 1.42. The monoisotopic (exact) mass is 452 g/mol.